The lowest BCUT2D eigenvalue weighted by Gasteiger charge is -2.32. The summed E-state index contributed by atoms with van der Waals surface area (Å²) in [5, 5.41) is 6.98. The third kappa shape index (κ3) is 3.89. The van der Waals surface area contributed by atoms with E-state index in [9.17, 15) is 18.8 Å². The van der Waals surface area contributed by atoms with Gasteiger partial charge in [0.25, 0.3) is 5.56 Å². The number of rotatable bonds is 6. The quantitative estimate of drug-likeness (QED) is 0.425. The molecule has 0 spiro atoms. The highest BCUT2D eigenvalue weighted by molar-refractivity contribution is 8.00. The number of carbonyl (C=O) groups excluding carboxylic acids is 2. The van der Waals surface area contributed by atoms with Gasteiger partial charge < -0.3 is 21.1 Å². The van der Waals surface area contributed by atoms with Crippen molar-refractivity contribution in [3.63, 3.8) is 0 Å². The maximum Gasteiger partial charge on any atom is 0.414 e. The van der Waals surface area contributed by atoms with Crippen molar-refractivity contribution in [2.75, 3.05) is 29.1 Å². The van der Waals surface area contributed by atoms with Gasteiger partial charge in [-0.1, -0.05) is 0 Å². The molecule has 9 nitrogen and oxygen atoms in total. The molecule has 0 radical (unpaired) electrons. The van der Waals surface area contributed by atoms with Gasteiger partial charge in [-0.05, 0) is 68.1 Å². The number of hydrogen-bond acceptors (Lipinski definition) is 7. The number of hydrogen-bond donors (Lipinski definition) is 3. The zero-order valence-electron chi connectivity index (χ0n) is 20.1. The van der Waals surface area contributed by atoms with Gasteiger partial charge in [-0.2, -0.15) is 0 Å². The van der Waals surface area contributed by atoms with Crippen molar-refractivity contribution in [2.24, 2.45) is 5.73 Å². The van der Waals surface area contributed by atoms with Crippen LogP contribution in [0, 0.1) is 5.82 Å². The van der Waals surface area contributed by atoms with Crippen molar-refractivity contribution in [1.82, 2.24) is 9.88 Å². The lowest BCUT2D eigenvalue weighted by molar-refractivity contribution is -0.113. The Morgan fingerprint density at radius 2 is 2.03 bits per heavy atom. The Bertz CT molecular complexity index is 1510. The standard InChI is InChI=1S/C26H26FN5O4S/c1-26(22-17(27)7-4-14-5-9-21(34)32(23(14)22)24(26)28)29-10-2-3-16-12-31(25(35)36-16)15-6-8-19-18(11-15)30-20(33)13-37-19/h4-9,11,16,24,29H,2-3,10,12-13,28H2,1H3,(H,30,33)/t16-,24-,26+/m1/s1. The van der Waals surface area contributed by atoms with Crippen LogP contribution in [0.2, 0.25) is 0 Å². The first kappa shape index (κ1) is 24.0. The molecule has 2 amide bonds. The fourth-order valence-electron chi connectivity index (χ4n) is 5.50. The number of benzene rings is 2. The van der Waals surface area contributed by atoms with Crippen LogP contribution >= 0.6 is 11.8 Å². The first-order valence-corrected chi connectivity index (χ1v) is 13.1. The molecule has 3 aromatic rings. The van der Waals surface area contributed by atoms with E-state index in [1.54, 1.807) is 23.1 Å². The average Bonchev–Trinajstić information content (AvgIpc) is 3.36. The number of pyridine rings is 1. The second kappa shape index (κ2) is 8.86. The molecule has 0 saturated carbocycles. The summed E-state index contributed by atoms with van der Waals surface area (Å²) in [6.07, 6.45) is -0.260. The summed E-state index contributed by atoms with van der Waals surface area (Å²) in [6.45, 7) is 2.69. The molecule has 0 aliphatic carbocycles. The zero-order chi connectivity index (χ0) is 25.9. The van der Waals surface area contributed by atoms with Gasteiger partial charge in [-0.15, -0.1) is 11.8 Å². The Morgan fingerprint density at radius 3 is 2.86 bits per heavy atom. The Kier molecular flexibility index (Phi) is 5.74. The van der Waals surface area contributed by atoms with E-state index in [1.807, 2.05) is 19.1 Å². The second-order valence-corrected chi connectivity index (χ2v) is 10.8. The van der Waals surface area contributed by atoms with Gasteiger partial charge in [0.2, 0.25) is 5.91 Å². The second-order valence-electron chi connectivity index (χ2n) is 9.75. The monoisotopic (exact) mass is 523 g/mol. The minimum absolute atomic E-state index is 0.0659. The van der Waals surface area contributed by atoms with E-state index in [0.29, 0.717) is 54.1 Å². The van der Waals surface area contributed by atoms with E-state index >= 15 is 0 Å². The number of halogens is 1. The predicted molar refractivity (Wildman–Crippen MR) is 139 cm³/mol. The fraction of sp³-hybridized carbons (Fsp3) is 0.346. The van der Waals surface area contributed by atoms with Gasteiger partial charge in [0.15, 0.2) is 0 Å². The maximum absolute atomic E-state index is 15.0. The first-order valence-electron chi connectivity index (χ1n) is 12.2. The molecular formula is C26H26FN5O4S. The highest BCUT2D eigenvalue weighted by atomic mass is 32.2. The lowest BCUT2D eigenvalue weighted by Crippen LogP contribution is -2.49. The van der Waals surface area contributed by atoms with Crippen LogP contribution in [0.15, 0.2) is 52.2 Å². The van der Waals surface area contributed by atoms with Crippen molar-refractivity contribution in [2.45, 2.75) is 42.5 Å². The van der Waals surface area contributed by atoms with Crippen molar-refractivity contribution < 1.29 is 18.7 Å². The molecule has 6 rings (SSSR count). The number of aromatic nitrogens is 1. The SMILES string of the molecule is C[C@]1(NCCC[C@@H]2CN(c3ccc4c(c3)NC(=O)CS4)C(=O)O2)c2c(F)ccc3ccc(=O)n(c23)[C@H]1N. The molecule has 1 saturated heterocycles. The molecule has 192 valence electrons. The number of ether oxygens (including phenoxy) is 1. The number of nitrogens with zero attached hydrogens (tertiary/aromatic N) is 2. The molecule has 1 aromatic heterocycles. The van der Waals surface area contributed by atoms with Crippen molar-refractivity contribution in [3.8, 4) is 0 Å². The molecule has 0 bridgehead atoms. The van der Waals surface area contributed by atoms with Gasteiger partial charge in [0.1, 0.15) is 18.1 Å². The molecule has 4 N–H and O–H groups in total. The van der Waals surface area contributed by atoms with E-state index in [0.717, 1.165) is 10.3 Å². The predicted octanol–water partition coefficient (Wildman–Crippen LogP) is 3.27. The topological polar surface area (TPSA) is 119 Å². The van der Waals surface area contributed by atoms with Crippen molar-refractivity contribution in [3.05, 3.63) is 64.2 Å². The molecule has 37 heavy (non-hydrogen) atoms. The van der Waals surface area contributed by atoms with E-state index < -0.39 is 23.6 Å². The normalized spacial score (nSPS) is 24.4. The van der Waals surface area contributed by atoms with Gasteiger partial charge in [0, 0.05) is 22.2 Å². The van der Waals surface area contributed by atoms with Crippen molar-refractivity contribution in [1.29, 1.82) is 0 Å². The maximum atomic E-state index is 15.0. The number of fused-ring (bicyclic) bond motifs is 1. The molecule has 3 aliphatic rings. The minimum atomic E-state index is -0.971. The molecule has 11 heteroatoms. The van der Waals surface area contributed by atoms with Gasteiger partial charge in [0.05, 0.1) is 29.0 Å². The molecular weight excluding hydrogens is 497 g/mol. The number of carbonyl (C=O) groups is 2. The Morgan fingerprint density at radius 1 is 1.22 bits per heavy atom. The summed E-state index contributed by atoms with van der Waals surface area (Å²) < 4.78 is 22.0. The Balaban J connectivity index is 1.11. The summed E-state index contributed by atoms with van der Waals surface area (Å²) in [4.78, 5) is 39.4. The first-order chi connectivity index (χ1) is 17.8. The van der Waals surface area contributed by atoms with Gasteiger partial charge in [-0.3, -0.25) is 19.1 Å². The highest BCUT2D eigenvalue weighted by Gasteiger charge is 2.45. The summed E-state index contributed by atoms with van der Waals surface area (Å²) in [5.41, 5.74) is 7.53. The van der Waals surface area contributed by atoms with Crippen LogP contribution in [0.5, 0.6) is 0 Å². The summed E-state index contributed by atoms with van der Waals surface area (Å²) in [6, 6.07) is 11.7. The molecule has 3 atom stereocenters. The number of anilines is 2. The Hall–Kier alpha value is -3.41. The van der Waals surface area contributed by atoms with E-state index in [1.165, 1.54) is 28.5 Å². The number of cyclic esters (lactones) is 1. The van der Waals surface area contributed by atoms with Gasteiger partial charge >= 0.3 is 6.09 Å². The van der Waals surface area contributed by atoms with E-state index in [2.05, 4.69) is 10.6 Å². The third-order valence-corrected chi connectivity index (χ3v) is 8.48. The number of amides is 2. The largest absolute Gasteiger partial charge is 0.444 e. The summed E-state index contributed by atoms with van der Waals surface area (Å²) in [7, 11) is 0. The lowest BCUT2D eigenvalue weighted by atomic mass is 9.90. The number of nitrogens with one attached hydrogen (secondary N) is 2. The smallest absolute Gasteiger partial charge is 0.414 e. The minimum Gasteiger partial charge on any atom is -0.444 e. The van der Waals surface area contributed by atoms with Crippen LogP contribution in [0.4, 0.5) is 20.6 Å². The highest BCUT2D eigenvalue weighted by Crippen LogP contribution is 2.42. The van der Waals surface area contributed by atoms with Crippen LogP contribution in [0.3, 0.4) is 0 Å². The van der Waals surface area contributed by atoms with Crippen LogP contribution < -0.4 is 26.8 Å². The fourth-order valence-corrected chi connectivity index (χ4v) is 6.29. The Labute approximate surface area is 216 Å². The molecule has 4 heterocycles. The number of thioether (sulfide) groups is 1. The van der Waals surface area contributed by atoms with Crippen LogP contribution in [0.25, 0.3) is 10.9 Å². The summed E-state index contributed by atoms with van der Waals surface area (Å²) in [5.74, 6) is -0.0958. The van der Waals surface area contributed by atoms with Crippen molar-refractivity contribution >= 4 is 46.0 Å². The van der Waals surface area contributed by atoms with E-state index in [-0.39, 0.29) is 17.6 Å². The van der Waals surface area contributed by atoms with Crippen LogP contribution in [-0.4, -0.2) is 41.5 Å². The molecule has 1 fully saturated rings. The third-order valence-electron chi connectivity index (χ3n) is 7.41. The number of nitrogens with two attached hydrogens (primary N) is 1. The van der Waals surface area contributed by atoms with Gasteiger partial charge in [-0.25, -0.2) is 9.18 Å². The molecule has 3 aliphatic heterocycles. The molecule has 0 unspecified atom stereocenters. The average molecular weight is 524 g/mol. The zero-order valence-corrected chi connectivity index (χ0v) is 20.9. The van der Waals surface area contributed by atoms with E-state index in [4.69, 9.17) is 10.5 Å². The van der Waals surface area contributed by atoms with Crippen LogP contribution in [-0.2, 0) is 15.1 Å². The van der Waals surface area contributed by atoms with Crippen LogP contribution in [0.1, 0.15) is 31.5 Å². The molecule has 2 aromatic carbocycles. The summed E-state index contributed by atoms with van der Waals surface area (Å²) >= 11 is 1.46.